The van der Waals surface area contributed by atoms with Gasteiger partial charge in [0, 0.05) is 13.2 Å². The van der Waals surface area contributed by atoms with E-state index in [0.717, 1.165) is 18.7 Å². The molecule has 5 nitrogen and oxygen atoms in total. The van der Waals surface area contributed by atoms with Crippen LogP contribution in [0.3, 0.4) is 0 Å². The molecule has 0 bridgehead atoms. The summed E-state index contributed by atoms with van der Waals surface area (Å²) in [6.07, 6.45) is 6.85. The molecule has 1 aromatic rings. The van der Waals surface area contributed by atoms with Crippen LogP contribution < -0.4 is 5.32 Å². The quantitative estimate of drug-likeness (QED) is 0.831. The van der Waals surface area contributed by atoms with Gasteiger partial charge in [-0.3, -0.25) is 0 Å². The summed E-state index contributed by atoms with van der Waals surface area (Å²) in [5, 5.41) is 7.44. The molecule has 0 radical (unpaired) electrons. The smallest absolute Gasteiger partial charge is 0.240 e. The lowest BCUT2D eigenvalue weighted by atomic mass is 9.93. The van der Waals surface area contributed by atoms with Crippen molar-refractivity contribution in [1.82, 2.24) is 15.5 Å². The third-order valence-electron chi connectivity index (χ3n) is 3.84. The summed E-state index contributed by atoms with van der Waals surface area (Å²) in [7, 11) is 1.76. The average molecular weight is 267 g/mol. The van der Waals surface area contributed by atoms with Crippen LogP contribution in [0.1, 0.15) is 64.1 Å². The predicted molar refractivity (Wildman–Crippen MR) is 72.7 cm³/mol. The van der Waals surface area contributed by atoms with Crippen LogP contribution in [0.2, 0.25) is 0 Å². The van der Waals surface area contributed by atoms with Crippen molar-refractivity contribution in [2.24, 2.45) is 0 Å². The van der Waals surface area contributed by atoms with Crippen molar-refractivity contribution in [2.45, 2.75) is 70.6 Å². The molecule has 0 aromatic carbocycles. The molecule has 1 aliphatic carbocycles. The van der Waals surface area contributed by atoms with Crippen LogP contribution in [-0.2, 0) is 16.9 Å². The Balaban J connectivity index is 2.09. The predicted octanol–water partition coefficient (Wildman–Crippen LogP) is 2.76. The lowest BCUT2D eigenvalue weighted by Gasteiger charge is -2.27. The van der Waals surface area contributed by atoms with Crippen molar-refractivity contribution in [2.75, 3.05) is 7.11 Å². The summed E-state index contributed by atoms with van der Waals surface area (Å²) in [5.74, 6) is 1.36. The van der Waals surface area contributed by atoms with Gasteiger partial charge in [-0.15, -0.1) is 0 Å². The molecule has 108 valence electrons. The first-order valence-corrected chi connectivity index (χ1v) is 7.28. The summed E-state index contributed by atoms with van der Waals surface area (Å²) in [6, 6.07) is 0.407. The molecular weight excluding hydrogens is 242 g/mol. The number of nitrogens with one attached hydrogen (secondary N) is 1. The second kappa shape index (κ2) is 6.48. The highest BCUT2D eigenvalue weighted by molar-refractivity contribution is 5.02. The van der Waals surface area contributed by atoms with Crippen LogP contribution in [0.4, 0.5) is 0 Å². The number of rotatable bonds is 5. The average Bonchev–Trinajstić information content (AvgIpc) is 2.74. The minimum absolute atomic E-state index is 0.337. The van der Waals surface area contributed by atoms with Gasteiger partial charge in [0.2, 0.25) is 11.7 Å². The van der Waals surface area contributed by atoms with E-state index >= 15 is 0 Å². The van der Waals surface area contributed by atoms with Gasteiger partial charge in [0.15, 0.2) is 0 Å². The summed E-state index contributed by atoms with van der Waals surface area (Å²) < 4.78 is 11.1. The topological polar surface area (TPSA) is 60.2 Å². The van der Waals surface area contributed by atoms with Crippen molar-refractivity contribution in [1.29, 1.82) is 0 Å². The Kier molecular flexibility index (Phi) is 4.93. The fourth-order valence-electron chi connectivity index (χ4n) is 2.62. The highest BCUT2D eigenvalue weighted by Crippen LogP contribution is 2.37. The van der Waals surface area contributed by atoms with Gasteiger partial charge < -0.3 is 14.6 Å². The van der Waals surface area contributed by atoms with E-state index in [0.29, 0.717) is 18.5 Å². The van der Waals surface area contributed by atoms with E-state index in [1.165, 1.54) is 25.7 Å². The number of hydrogen-bond donors (Lipinski definition) is 1. The highest BCUT2D eigenvalue weighted by atomic mass is 16.5. The molecule has 1 heterocycles. The Labute approximate surface area is 115 Å². The standard InChI is InChI=1S/C14H25N3O2/c1-11(2)15-10-12-16-13(17-19-12)14(18-3)8-6-4-5-7-9-14/h11,15H,4-10H2,1-3H3. The molecule has 1 aliphatic rings. The van der Waals surface area contributed by atoms with Crippen molar-refractivity contribution < 1.29 is 9.26 Å². The Morgan fingerprint density at radius 2 is 1.95 bits per heavy atom. The molecular formula is C14H25N3O2. The molecule has 0 aliphatic heterocycles. The van der Waals surface area contributed by atoms with E-state index < -0.39 is 0 Å². The highest BCUT2D eigenvalue weighted by Gasteiger charge is 2.37. The molecule has 1 aromatic heterocycles. The normalized spacial score (nSPS) is 19.6. The first-order valence-electron chi connectivity index (χ1n) is 7.28. The van der Waals surface area contributed by atoms with Gasteiger partial charge in [0.05, 0.1) is 6.54 Å². The molecule has 0 spiro atoms. The number of nitrogens with zero attached hydrogens (tertiary/aromatic N) is 2. The number of aromatic nitrogens is 2. The van der Waals surface area contributed by atoms with E-state index in [9.17, 15) is 0 Å². The van der Waals surface area contributed by atoms with Crippen molar-refractivity contribution >= 4 is 0 Å². The van der Waals surface area contributed by atoms with E-state index in [-0.39, 0.29) is 5.60 Å². The van der Waals surface area contributed by atoms with Gasteiger partial charge in [-0.1, -0.05) is 44.7 Å². The lowest BCUT2D eigenvalue weighted by molar-refractivity contribution is -0.0365. The van der Waals surface area contributed by atoms with E-state index in [2.05, 4.69) is 29.3 Å². The van der Waals surface area contributed by atoms with E-state index in [1.807, 2.05) is 0 Å². The molecule has 2 rings (SSSR count). The summed E-state index contributed by atoms with van der Waals surface area (Å²) in [5.41, 5.74) is -0.337. The zero-order valence-corrected chi connectivity index (χ0v) is 12.2. The number of methoxy groups -OCH3 is 1. The molecule has 1 N–H and O–H groups in total. The third kappa shape index (κ3) is 3.54. The maximum atomic E-state index is 5.78. The van der Waals surface area contributed by atoms with Crippen molar-refractivity contribution in [3.05, 3.63) is 11.7 Å². The van der Waals surface area contributed by atoms with Crippen LogP contribution in [0.5, 0.6) is 0 Å². The van der Waals surface area contributed by atoms with E-state index in [1.54, 1.807) is 7.11 Å². The Hall–Kier alpha value is -0.940. The molecule has 0 amide bonds. The second-order valence-electron chi connectivity index (χ2n) is 5.66. The largest absolute Gasteiger partial charge is 0.370 e. The van der Waals surface area contributed by atoms with Crippen molar-refractivity contribution in [3.8, 4) is 0 Å². The van der Waals surface area contributed by atoms with Crippen LogP contribution in [0.15, 0.2) is 4.52 Å². The minimum atomic E-state index is -0.337. The maximum Gasteiger partial charge on any atom is 0.240 e. The molecule has 1 saturated carbocycles. The Morgan fingerprint density at radius 1 is 1.26 bits per heavy atom. The summed E-state index contributed by atoms with van der Waals surface area (Å²) >= 11 is 0. The monoisotopic (exact) mass is 267 g/mol. The Morgan fingerprint density at radius 3 is 2.53 bits per heavy atom. The third-order valence-corrected chi connectivity index (χ3v) is 3.84. The number of hydrogen-bond acceptors (Lipinski definition) is 5. The van der Waals surface area contributed by atoms with Gasteiger partial charge in [-0.05, 0) is 12.8 Å². The van der Waals surface area contributed by atoms with E-state index in [4.69, 9.17) is 9.26 Å². The lowest BCUT2D eigenvalue weighted by Crippen LogP contribution is -2.29. The summed E-state index contributed by atoms with van der Waals surface area (Å²) in [4.78, 5) is 4.53. The minimum Gasteiger partial charge on any atom is -0.370 e. The SMILES string of the molecule is COC1(c2noc(CNC(C)C)n2)CCCCCC1. The molecule has 5 heteroatoms. The molecule has 0 saturated heterocycles. The number of ether oxygens (including phenoxy) is 1. The van der Waals surface area contributed by atoms with Crippen LogP contribution in [0, 0.1) is 0 Å². The fraction of sp³-hybridized carbons (Fsp3) is 0.857. The van der Waals surface area contributed by atoms with Gasteiger partial charge in [-0.2, -0.15) is 4.98 Å². The fourth-order valence-corrected chi connectivity index (χ4v) is 2.62. The van der Waals surface area contributed by atoms with Crippen LogP contribution in [0.25, 0.3) is 0 Å². The Bertz CT molecular complexity index is 382. The van der Waals surface area contributed by atoms with Crippen LogP contribution in [-0.4, -0.2) is 23.3 Å². The maximum absolute atomic E-state index is 5.78. The molecule has 0 atom stereocenters. The van der Waals surface area contributed by atoms with Gasteiger partial charge in [0.1, 0.15) is 5.60 Å². The molecule has 19 heavy (non-hydrogen) atoms. The van der Waals surface area contributed by atoms with Gasteiger partial charge >= 0.3 is 0 Å². The van der Waals surface area contributed by atoms with Crippen LogP contribution >= 0.6 is 0 Å². The van der Waals surface area contributed by atoms with Gasteiger partial charge in [-0.25, -0.2) is 0 Å². The van der Waals surface area contributed by atoms with Crippen molar-refractivity contribution in [3.63, 3.8) is 0 Å². The first-order chi connectivity index (χ1) is 9.16. The molecule has 0 unspecified atom stereocenters. The second-order valence-corrected chi connectivity index (χ2v) is 5.66. The molecule has 1 fully saturated rings. The zero-order chi connectivity index (χ0) is 13.7. The van der Waals surface area contributed by atoms with Gasteiger partial charge in [0.25, 0.3) is 0 Å². The summed E-state index contributed by atoms with van der Waals surface area (Å²) in [6.45, 7) is 4.81. The first kappa shape index (κ1) is 14.5. The zero-order valence-electron chi connectivity index (χ0n) is 12.2.